The highest BCUT2D eigenvalue weighted by Crippen LogP contribution is 2.25. The first-order valence-electron chi connectivity index (χ1n) is 4.66. The fourth-order valence-electron chi connectivity index (χ4n) is 1.51. The van der Waals surface area contributed by atoms with Crippen LogP contribution in [0.5, 0.6) is 0 Å². The zero-order valence-corrected chi connectivity index (χ0v) is 8.27. The molecule has 3 heteroatoms. The second-order valence-corrected chi connectivity index (χ2v) is 3.42. The predicted octanol–water partition coefficient (Wildman–Crippen LogP) is 2.81. The molecule has 1 heterocycles. The highest BCUT2D eigenvalue weighted by atomic mass is 19.1. The summed E-state index contributed by atoms with van der Waals surface area (Å²) >= 11 is 0. The maximum atomic E-state index is 13.0. The molecule has 0 amide bonds. The van der Waals surface area contributed by atoms with Crippen LogP contribution in [0.15, 0.2) is 41.0 Å². The van der Waals surface area contributed by atoms with E-state index in [1.807, 2.05) is 6.92 Å². The average molecular weight is 206 g/mol. The Morgan fingerprint density at radius 2 is 2.13 bits per heavy atom. The highest BCUT2D eigenvalue weighted by molar-refractivity contribution is 5.32. The van der Waals surface area contributed by atoms with Gasteiger partial charge in [-0.15, -0.1) is 0 Å². The first kappa shape index (κ1) is 9.93. The van der Waals surface area contributed by atoms with Crippen molar-refractivity contribution >= 4 is 0 Å². The van der Waals surface area contributed by atoms with Crippen molar-refractivity contribution in [1.82, 2.24) is 0 Å². The predicted molar refractivity (Wildman–Crippen MR) is 53.9 cm³/mol. The van der Waals surface area contributed by atoms with Gasteiger partial charge in [-0.3, -0.25) is 0 Å². The zero-order chi connectivity index (χ0) is 10.8. The van der Waals surface area contributed by atoms with Crippen LogP contribution in [0.4, 0.5) is 4.39 Å². The Bertz CT molecular complexity index is 449. The van der Waals surface area contributed by atoms with Gasteiger partial charge in [0.25, 0.3) is 0 Å². The number of halogens is 1. The van der Waals surface area contributed by atoms with Gasteiger partial charge in [-0.2, -0.15) is 0 Å². The summed E-state index contributed by atoms with van der Waals surface area (Å²) in [6, 6.07) is 7.68. The fraction of sp³-hybridized carbons (Fsp3) is 0.167. The van der Waals surface area contributed by atoms with Crippen molar-refractivity contribution in [3.63, 3.8) is 0 Å². The van der Waals surface area contributed by atoms with Crippen LogP contribution >= 0.6 is 0 Å². The number of hydrogen-bond donors (Lipinski definition) is 1. The third-order valence-corrected chi connectivity index (χ3v) is 2.35. The molecule has 2 nitrogen and oxygen atoms in total. The summed E-state index contributed by atoms with van der Waals surface area (Å²) in [5.74, 6) is 0.0601. The molecule has 0 fully saturated rings. The molecule has 0 aliphatic heterocycles. The quantitative estimate of drug-likeness (QED) is 0.819. The molecule has 1 N–H and O–H groups in total. The number of rotatable bonds is 2. The summed E-state index contributed by atoms with van der Waals surface area (Å²) in [4.78, 5) is 0. The van der Waals surface area contributed by atoms with Crippen molar-refractivity contribution in [2.75, 3.05) is 0 Å². The third-order valence-electron chi connectivity index (χ3n) is 2.35. The smallest absolute Gasteiger partial charge is 0.137 e. The van der Waals surface area contributed by atoms with Crippen LogP contribution in [-0.2, 0) is 0 Å². The van der Waals surface area contributed by atoms with E-state index in [2.05, 4.69) is 0 Å². The Hall–Kier alpha value is -1.61. The molecule has 0 radical (unpaired) electrons. The lowest BCUT2D eigenvalue weighted by molar-refractivity contribution is 0.188. The molecule has 78 valence electrons. The average Bonchev–Trinajstić information content (AvgIpc) is 2.74. The van der Waals surface area contributed by atoms with Crippen molar-refractivity contribution in [2.24, 2.45) is 0 Å². The summed E-state index contributed by atoms with van der Waals surface area (Å²) in [5.41, 5.74) is 1.37. The Morgan fingerprint density at radius 3 is 2.80 bits per heavy atom. The van der Waals surface area contributed by atoms with Gasteiger partial charge in [-0.1, -0.05) is 6.07 Å². The Balaban J connectivity index is 2.41. The van der Waals surface area contributed by atoms with Crippen LogP contribution in [0.25, 0.3) is 0 Å². The molecule has 1 unspecified atom stereocenters. The topological polar surface area (TPSA) is 33.4 Å². The molecule has 0 saturated heterocycles. The number of benzene rings is 1. The van der Waals surface area contributed by atoms with E-state index in [-0.39, 0.29) is 5.82 Å². The van der Waals surface area contributed by atoms with Crippen LogP contribution < -0.4 is 0 Å². The van der Waals surface area contributed by atoms with E-state index < -0.39 is 6.10 Å². The fourth-order valence-corrected chi connectivity index (χ4v) is 1.51. The summed E-state index contributed by atoms with van der Waals surface area (Å²) in [7, 11) is 0. The molecular weight excluding hydrogens is 195 g/mol. The molecule has 15 heavy (non-hydrogen) atoms. The van der Waals surface area contributed by atoms with Gasteiger partial charge in [-0.05, 0) is 42.3 Å². The SMILES string of the molecule is Cc1ccc(F)cc1C(O)c1ccco1. The number of furan rings is 1. The number of aliphatic hydroxyl groups is 1. The molecule has 1 atom stereocenters. The molecule has 1 aromatic heterocycles. The lowest BCUT2D eigenvalue weighted by Gasteiger charge is -2.11. The van der Waals surface area contributed by atoms with E-state index in [1.54, 1.807) is 18.2 Å². The van der Waals surface area contributed by atoms with Crippen molar-refractivity contribution in [3.8, 4) is 0 Å². The van der Waals surface area contributed by atoms with Gasteiger partial charge in [0.2, 0.25) is 0 Å². The van der Waals surface area contributed by atoms with Gasteiger partial charge >= 0.3 is 0 Å². The van der Waals surface area contributed by atoms with Crippen molar-refractivity contribution in [2.45, 2.75) is 13.0 Å². The van der Waals surface area contributed by atoms with E-state index >= 15 is 0 Å². The first-order valence-corrected chi connectivity index (χ1v) is 4.66. The zero-order valence-electron chi connectivity index (χ0n) is 8.27. The van der Waals surface area contributed by atoms with E-state index in [4.69, 9.17) is 4.42 Å². The van der Waals surface area contributed by atoms with E-state index in [0.29, 0.717) is 11.3 Å². The minimum Gasteiger partial charge on any atom is -0.466 e. The van der Waals surface area contributed by atoms with Gasteiger partial charge in [0.15, 0.2) is 0 Å². The molecule has 2 rings (SSSR count). The standard InChI is InChI=1S/C12H11FO2/c1-8-4-5-9(13)7-10(8)12(14)11-3-2-6-15-11/h2-7,12,14H,1H3. The lowest BCUT2D eigenvalue weighted by atomic mass is 10.0. The highest BCUT2D eigenvalue weighted by Gasteiger charge is 2.15. The van der Waals surface area contributed by atoms with Crippen LogP contribution in [0.2, 0.25) is 0 Å². The van der Waals surface area contributed by atoms with Crippen LogP contribution in [0.1, 0.15) is 23.0 Å². The maximum Gasteiger partial charge on any atom is 0.137 e. The van der Waals surface area contributed by atoms with Gasteiger partial charge in [0, 0.05) is 0 Å². The molecule has 0 spiro atoms. The second-order valence-electron chi connectivity index (χ2n) is 3.42. The molecule has 2 aromatic rings. The summed E-state index contributed by atoms with van der Waals surface area (Å²) in [6.07, 6.45) is 0.573. The monoisotopic (exact) mass is 206 g/mol. The maximum absolute atomic E-state index is 13.0. The summed E-state index contributed by atoms with van der Waals surface area (Å²) < 4.78 is 18.1. The molecule has 0 aliphatic carbocycles. The summed E-state index contributed by atoms with van der Waals surface area (Å²) in [5, 5.41) is 9.93. The summed E-state index contributed by atoms with van der Waals surface area (Å²) in [6.45, 7) is 1.82. The number of aliphatic hydroxyl groups excluding tert-OH is 1. The second kappa shape index (κ2) is 3.87. The van der Waals surface area contributed by atoms with E-state index in [0.717, 1.165) is 5.56 Å². The Labute approximate surface area is 87.0 Å². The molecule has 0 saturated carbocycles. The van der Waals surface area contributed by atoms with Gasteiger partial charge in [0.1, 0.15) is 17.7 Å². The largest absolute Gasteiger partial charge is 0.466 e. The molecular formula is C12H11FO2. The number of hydrogen-bond acceptors (Lipinski definition) is 2. The van der Waals surface area contributed by atoms with Crippen molar-refractivity contribution < 1.29 is 13.9 Å². The Morgan fingerprint density at radius 1 is 1.33 bits per heavy atom. The van der Waals surface area contributed by atoms with Crippen LogP contribution in [0.3, 0.4) is 0 Å². The molecule has 1 aromatic carbocycles. The van der Waals surface area contributed by atoms with Gasteiger partial charge in [-0.25, -0.2) is 4.39 Å². The Kier molecular flexibility index (Phi) is 2.56. The van der Waals surface area contributed by atoms with Crippen molar-refractivity contribution in [1.29, 1.82) is 0 Å². The molecule has 0 bridgehead atoms. The normalized spacial score (nSPS) is 12.7. The first-order chi connectivity index (χ1) is 7.18. The third kappa shape index (κ3) is 1.92. The van der Waals surface area contributed by atoms with Crippen molar-refractivity contribution in [3.05, 3.63) is 59.3 Å². The van der Waals surface area contributed by atoms with E-state index in [1.165, 1.54) is 18.4 Å². The van der Waals surface area contributed by atoms with Gasteiger partial charge < -0.3 is 9.52 Å². The van der Waals surface area contributed by atoms with E-state index in [9.17, 15) is 9.50 Å². The minimum absolute atomic E-state index is 0.360. The van der Waals surface area contributed by atoms with Crippen LogP contribution in [-0.4, -0.2) is 5.11 Å². The number of aryl methyl sites for hydroxylation is 1. The lowest BCUT2D eigenvalue weighted by Crippen LogP contribution is -2.01. The molecule has 0 aliphatic rings. The van der Waals surface area contributed by atoms with Crippen LogP contribution in [0, 0.1) is 12.7 Å². The van der Waals surface area contributed by atoms with Gasteiger partial charge in [0.05, 0.1) is 6.26 Å². The minimum atomic E-state index is -0.907.